The lowest BCUT2D eigenvalue weighted by Crippen LogP contribution is -2.11. The van der Waals surface area contributed by atoms with E-state index in [4.69, 9.17) is 4.74 Å². The first-order chi connectivity index (χ1) is 11.0. The SMILES string of the molecule is CCn1c(-c2cccc(F)c2)cc(=O)c2c(O)cc(OC)cc21. The highest BCUT2D eigenvalue weighted by Crippen LogP contribution is 2.31. The Labute approximate surface area is 132 Å². The minimum absolute atomic E-state index is 0.127. The molecular weight excluding hydrogens is 297 g/mol. The van der Waals surface area contributed by atoms with E-state index >= 15 is 0 Å². The van der Waals surface area contributed by atoms with Gasteiger partial charge in [-0.1, -0.05) is 12.1 Å². The average molecular weight is 313 g/mol. The van der Waals surface area contributed by atoms with Gasteiger partial charge in [0.1, 0.15) is 17.3 Å². The summed E-state index contributed by atoms with van der Waals surface area (Å²) < 4.78 is 20.6. The Morgan fingerprint density at radius 3 is 2.65 bits per heavy atom. The highest BCUT2D eigenvalue weighted by molar-refractivity contribution is 5.89. The zero-order valence-electron chi connectivity index (χ0n) is 12.8. The van der Waals surface area contributed by atoms with Gasteiger partial charge in [-0.3, -0.25) is 4.79 Å². The molecule has 0 saturated carbocycles. The smallest absolute Gasteiger partial charge is 0.193 e. The van der Waals surface area contributed by atoms with E-state index in [1.54, 1.807) is 18.2 Å². The third-order valence-corrected chi connectivity index (χ3v) is 3.84. The molecule has 0 aliphatic rings. The van der Waals surface area contributed by atoms with Crippen molar-refractivity contribution in [2.75, 3.05) is 7.11 Å². The van der Waals surface area contributed by atoms with Gasteiger partial charge in [0.2, 0.25) is 0 Å². The number of hydrogen-bond donors (Lipinski definition) is 1. The Morgan fingerprint density at radius 2 is 2.00 bits per heavy atom. The van der Waals surface area contributed by atoms with Crippen LogP contribution in [-0.4, -0.2) is 16.8 Å². The monoisotopic (exact) mass is 313 g/mol. The summed E-state index contributed by atoms with van der Waals surface area (Å²) in [6.07, 6.45) is 0. The van der Waals surface area contributed by atoms with Crippen LogP contribution in [0, 0.1) is 5.82 Å². The van der Waals surface area contributed by atoms with Crippen LogP contribution in [0.1, 0.15) is 6.92 Å². The Bertz CT molecular complexity index is 947. The van der Waals surface area contributed by atoms with Gasteiger partial charge in [0.25, 0.3) is 0 Å². The molecule has 3 rings (SSSR count). The summed E-state index contributed by atoms with van der Waals surface area (Å²) in [6.45, 7) is 2.47. The van der Waals surface area contributed by atoms with Gasteiger partial charge in [-0.2, -0.15) is 0 Å². The van der Waals surface area contributed by atoms with E-state index in [0.717, 1.165) is 0 Å². The molecular formula is C18H16FNO3. The van der Waals surface area contributed by atoms with E-state index in [0.29, 0.717) is 29.1 Å². The predicted molar refractivity (Wildman–Crippen MR) is 87.5 cm³/mol. The van der Waals surface area contributed by atoms with Crippen molar-refractivity contribution in [2.24, 2.45) is 0 Å². The van der Waals surface area contributed by atoms with Crippen LogP contribution in [-0.2, 0) is 6.54 Å². The number of aromatic nitrogens is 1. The number of aromatic hydroxyl groups is 1. The summed E-state index contributed by atoms with van der Waals surface area (Å²) in [4.78, 5) is 12.4. The van der Waals surface area contributed by atoms with Gasteiger partial charge in [0.15, 0.2) is 5.43 Å². The number of pyridine rings is 1. The molecule has 1 N–H and O–H groups in total. The number of nitrogens with zero attached hydrogens (tertiary/aromatic N) is 1. The Kier molecular flexibility index (Phi) is 3.78. The number of methoxy groups -OCH3 is 1. The van der Waals surface area contributed by atoms with E-state index in [2.05, 4.69) is 0 Å². The number of hydrogen-bond acceptors (Lipinski definition) is 3. The maximum atomic E-state index is 13.5. The van der Waals surface area contributed by atoms with Crippen LogP contribution in [0.4, 0.5) is 4.39 Å². The second kappa shape index (κ2) is 5.76. The van der Waals surface area contributed by atoms with Gasteiger partial charge < -0.3 is 14.4 Å². The average Bonchev–Trinajstić information content (AvgIpc) is 2.54. The van der Waals surface area contributed by atoms with E-state index in [1.807, 2.05) is 11.5 Å². The van der Waals surface area contributed by atoms with Gasteiger partial charge >= 0.3 is 0 Å². The van der Waals surface area contributed by atoms with Crippen molar-refractivity contribution in [3.05, 3.63) is 58.5 Å². The Hall–Kier alpha value is -2.82. The zero-order chi connectivity index (χ0) is 16.6. The fourth-order valence-electron chi connectivity index (χ4n) is 2.80. The quantitative estimate of drug-likeness (QED) is 0.804. The van der Waals surface area contributed by atoms with Gasteiger partial charge in [-0.25, -0.2) is 4.39 Å². The Balaban J connectivity index is 2.43. The molecule has 0 spiro atoms. The van der Waals surface area contributed by atoms with E-state index in [9.17, 15) is 14.3 Å². The van der Waals surface area contributed by atoms with Gasteiger partial charge in [-0.15, -0.1) is 0 Å². The molecule has 23 heavy (non-hydrogen) atoms. The number of phenolic OH excluding ortho intramolecular Hbond substituents is 1. The molecule has 1 heterocycles. The van der Waals surface area contributed by atoms with Gasteiger partial charge in [0, 0.05) is 30.3 Å². The molecule has 118 valence electrons. The molecule has 0 radical (unpaired) electrons. The number of ether oxygens (including phenoxy) is 1. The first-order valence-corrected chi connectivity index (χ1v) is 7.25. The van der Waals surface area contributed by atoms with Crippen LogP contribution >= 0.6 is 0 Å². The van der Waals surface area contributed by atoms with E-state index in [-0.39, 0.29) is 22.4 Å². The highest BCUT2D eigenvalue weighted by Gasteiger charge is 2.14. The van der Waals surface area contributed by atoms with Crippen molar-refractivity contribution in [1.29, 1.82) is 0 Å². The maximum absolute atomic E-state index is 13.5. The molecule has 0 atom stereocenters. The molecule has 3 aromatic rings. The predicted octanol–water partition coefficient (Wildman–Crippen LogP) is 3.54. The first-order valence-electron chi connectivity index (χ1n) is 7.25. The minimum Gasteiger partial charge on any atom is -0.507 e. The van der Waals surface area contributed by atoms with E-state index < -0.39 is 0 Å². The van der Waals surface area contributed by atoms with Gasteiger partial charge in [-0.05, 0) is 19.1 Å². The van der Waals surface area contributed by atoms with Crippen molar-refractivity contribution in [2.45, 2.75) is 13.5 Å². The fourth-order valence-corrected chi connectivity index (χ4v) is 2.80. The molecule has 0 aliphatic heterocycles. The molecule has 0 bridgehead atoms. The van der Waals surface area contributed by atoms with Gasteiger partial charge in [0.05, 0.1) is 23.7 Å². The standard InChI is InChI=1S/C18H16FNO3/c1-3-20-14(11-5-4-6-12(19)7-11)10-17(22)18-15(20)8-13(23-2)9-16(18)21/h4-10,21H,3H2,1-2H3. The zero-order valence-corrected chi connectivity index (χ0v) is 12.8. The number of rotatable bonds is 3. The molecule has 4 nitrogen and oxygen atoms in total. The van der Waals surface area contributed by atoms with Crippen molar-refractivity contribution in [3.8, 4) is 22.8 Å². The third kappa shape index (κ3) is 2.54. The normalized spacial score (nSPS) is 10.9. The Morgan fingerprint density at radius 1 is 1.22 bits per heavy atom. The number of aryl methyl sites for hydroxylation is 1. The summed E-state index contributed by atoms with van der Waals surface area (Å²) in [6, 6.07) is 10.6. The molecule has 2 aromatic carbocycles. The largest absolute Gasteiger partial charge is 0.507 e. The summed E-state index contributed by atoms with van der Waals surface area (Å²) in [7, 11) is 1.49. The lowest BCUT2D eigenvalue weighted by Gasteiger charge is -2.17. The summed E-state index contributed by atoms with van der Waals surface area (Å²) in [5, 5.41) is 10.4. The maximum Gasteiger partial charge on any atom is 0.193 e. The molecule has 0 fully saturated rings. The first kappa shape index (κ1) is 15.1. The number of benzene rings is 2. The number of phenols is 1. The van der Waals surface area contributed by atoms with Crippen molar-refractivity contribution in [1.82, 2.24) is 4.57 Å². The lowest BCUT2D eigenvalue weighted by molar-refractivity contribution is 0.409. The second-order valence-corrected chi connectivity index (χ2v) is 5.19. The topological polar surface area (TPSA) is 51.5 Å². The van der Waals surface area contributed by atoms with Crippen molar-refractivity contribution in [3.63, 3.8) is 0 Å². The van der Waals surface area contributed by atoms with Crippen molar-refractivity contribution < 1.29 is 14.2 Å². The third-order valence-electron chi connectivity index (χ3n) is 3.84. The van der Waals surface area contributed by atoms with Crippen LogP contribution in [0.3, 0.4) is 0 Å². The van der Waals surface area contributed by atoms with Crippen LogP contribution < -0.4 is 10.2 Å². The van der Waals surface area contributed by atoms with Crippen LogP contribution in [0.15, 0.2) is 47.3 Å². The lowest BCUT2D eigenvalue weighted by atomic mass is 10.1. The van der Waals surface area contributed by atoms with Crippen LogP contribution in [0.2, 0.25) is 0 Å². The molecule has 0 unspecified atom stereocenters. The summed E-state index contributed by atoms with van der Waals surface area (Å²) in [5.41, 5.74) is 1.44. The highest BCUT2D eigenvalue weighted by atomic mass is 19.1. The van der Waals surface area contributed by atoms with Crippen LogP contribution in [0.5, 0.6) is 11.5 Å². The number of fused-ring (bicyclic) bond motifs is 1. The molecule has 1 aromatic heterocycles. The van der Waals surface area contributed by atoms with Crippen molar-refractivity contribution >= 4 is 10.9 Å². The molecule has 0 amide bonds. The van der Waals surface area contributed by atoms with E-state index in [1.165, 1.54) is 31.4 Å². The fraction of sp³-hybridized carbons (Fsp3) is 0.167. The number of halogens is 1. The summed E-state index contributed by atoms with van der Waals surface area (Å²) in [5.74, 6) is -0.0449. The molecule has 0 aliphatic carbocycles. The van der Waals surface area contributed by atoms with Crippen LogP contribution in [0.25, 0.3) is 22.2 Å². The molecule has 0 saturated heterocycles. The second-order valence-electron chi connectivity index (χ2n) is 5.19. The summed E-state index contributed by atoms with van der Waals surface area (Å²) >= 11 is 0. The molecule has 5 heteroatoms. The minimum atomic E-state index is -0.369.